The van der Waals surface area contributed by atoms with Gasteiger partial charge in [0.2, 0.25) is 5.91 Å². The molecule has 4 saturated carbocycles. The second kappa shape index (κ2) is 5.11. The Kier molecular flexibility index (Phi) is 3.45. The van der Waals surface area contributed by atoms with E-state index in [0.29, 0.717) is 12.8 Å². The van der Waals surface area contributed by atoms with E-state index in [4.69, 9.17) is 0 Å². The number of hydrogen-bond acceptors (Lipinski definition) is 3. The Bertz CT molecular complexity index is 778. The molecule has 1 aromatic heterocycles. The zero-order valence-corrected chi connectivity index (χ0v) is 16.2. The fraction of sp³-hybridized carbons (Fsp3) is 0.750. The third kappa shape index (κ3) is 2.57. The van der Waals surface area contributed by atoms with Gasteiger partial charge in [0, 0.05) is 23.8 Å². The van der Waals surface area contributed by atoms with Gasteiger partial charge in [-0.15, -0.1) is 0 Å². The standard InChI is InChI=1S/C20H29N3O3/c1-13-14(6-21-23(13)4)5-15(24)22-20-10-17(2)7-18(3,11-20)9-19(8-17,12-20)16(25)26/h6H,5,7-12H2,1-4H3,(H,22,24)(H,25,26). The fourth-order valence-electron chi connectivity index (χ4n) is 7.29. The SMILES string of the molecule is Cc1c(CC(=O)NC23CC4(C)CC(C)(C2)CC(C(=O)O)(C4)C3)cnn1C. The molecule has 142 valence electrons. The summed E-state index contributed by atoms with van der Waals surface area (Å²) >= 11 is 0. The molecule has 1 aromatic rings. The number of nitrogens with one attached hydrogen (secondary N) is 1. The van der Waals surface area contributed by atoms with Crippen LogP contribution in [0.4, 0.5) is 0 Å². The number of nitrogens with zero attached hydrogens (tertiary/aromatic N) is 2. The van der Waals surface area contributed by atoms with Crippen molar-refractivity contribution in [3.05, 3.63) is 17.5 Å². The largest absolute Gasteiger partial charge is 0.481 e. The zero-order valence-electron chi connectivity index (χ0n) is 16.2. The van der Waals surface area contributed by atoms with Crippen LogP contribution in [0, 0.1) is 23.2 Å². The minimum Gasteiger partial charge on any atom is -0.481 e. The predicted molar refractivity (Wildman–Crippen MR) is 96.5 cm³/mol. The summed E-state index contributed by atoms with van der Waals surface area (Å²) in [7, 11) is 1.87. The molecule has 1 heterocycles. The molecular formula is C20H29N3O3. The molecular weight excluding hydrogens is 330 g/mol. The first-order valence-corrected chi connectivity index (χ1v) is 9.50. The van der Waals surface area contributed by atoms with Gasteiger partial charge in [0.15, 0.2) is 0 Å². The van der Waals surface area contributed by atoms with Crippen molar-refractivity contribution >= 4 is 11.9 Å². The Morgan fingerprint density at radius 3 is 2.27 bits per heavy atom. The molecule has 0 radical (unpaired) electrons. The summed E-state index contributed by atoms with van der Waals surface area (Å²) in [6.45, 7) is 6.39. The summed E-state index contributed by atoms with van der Waals surface area (Å²) in [6, 6.07) is 0. The lowest BCUT2D eigenvalue weighted by atomic mass is 9.38. The van der Waals surface area contributed by atoms with E-state index in [9.17, 15) is 14.7 Å². The molecule has 1 amide bonds. The van der Waals surface area contributed by atoms with Gasteiger partial charge in [0.25, 0.3) is 0 Å². The molecule has 5 rings (SSSR count). The average molecular weight is 359 g/mol. The summed E-state index contributed by atoms with van der Waals surface area (Å²) in [5, 5.41) is 17.5. The maximum absolute atomic E-state index is 12.8. The van der Waals surface area contributed by atoms with Crippen molar-refractivity contribution in [3.63, 3.8) is 0 Å². The molecule has 4 aliphatic carbocycles. The first kappa shape index (κ1) is 17.6. The van der Waals surface area contributed by atoms with Crippen molar-refractivity contribution in [2.45, 2.75) is 71.3 Å². The lowest BCUT2D eigenvalue weighted by molar-refractivity contribution is -0.195. The van der Waals surface area contributed by atoms with Gasteiger partial charge in [-0.3, -0.25) is 14.3 Å². The lowest BCUT2D eigenvalue weighted by Crippen LogP contribution is -2.69. The molecule has 2 unspecified atom stereocenters. The number of carbonyl (C=O) groups is 2. The molecule has 6 heteroatoms. The number of carboxylic acids is 1. The van der Waals surface area contributed by atoms with Gasteiger partial charge in [-0.25, -0.2) is 0 Å². The van der Waals surface area contributed by atoms with Crippen molar-refractivity contribution in [2.24, 2.45) is 23.3 Å². The van der Waals surface area contributed by atoms with Crippen LogP contribution in [0.3, 0.4) is 0 Å². The molecule has 0 spiro atoms. The number of carboxylic acid groups (broad SMARTS) is 1. The molecule has 6 nitrogen and oxygen atoms in total. The number of carbonyl (C=O) groups excluding carboxylic acids is 1. The lowest BCUT2D eigenvalue weighted by Gasteiger charge is -2.68. The van der Waals surface area contributed by atoms with E-state index in [2.05, 4.69) is 24.3 Å². The van der Waals surface area contributed by atoms with Gasteiger partial charge in [-0.2, -0.15) is 5.10 Å². The van der Waals surface area contributed by atoms with Crippen LogP contribution in [0.1, 0.15) is 63.6 Å². The summed E-state index contributed by atoms with van der Waals surface area (Å²) in [4.78, 5) is 25.0. The highest BCUT2D eigenvalue weighted by Crippen LogP contribution is 2.70. The number of aromatic nitrogens is 2. The fourth-order valence-corrected chi connectivity index (χ4v) is 7.29. The van der Waals surface area contributed by atoms with Gasteiger partial charge < -0.3 is 10.4 Å². The molecule has 4 bridgehead atoms. The van der Waals surface area contributed by atoms with Gasteiger partial charge >= 0.3 is 5.97 Å². The topological polar surface area (TPSA) is 84.2 Å². The van der Waals surface area contributed by atoms with Gasteiger partial charge in [0.05, 0.1) is 18.0 Å². The predicted octanol–water partition coefficient (Wildman–Crippen LogP) is 2.59. The van der Waals surface area contributed by atoms with Crippen LogP contribution < -0.4 is 5.32 Å². The highest BCUT2D eigenvalue weighted by atomic mass is 16.4. The molecule has 0 aliphatic heterocycles. The van der Waals surface area contributed by atoms with E-state index in [0.717, 1.165) is 43.4 Å². The maximum Gasteiger partial charge on any atom is 0.309 e. The molecule has 26 heavy (non-hydrogen) atoms. The normalized spacial score (nSPS) is 40.6. The molecule has 4 aliphatic rings. The number of amides is 1. The van der Waals surface area contributed by atoms with Crippen molar-refractivity contribution < 1.29 is 14.7 Å². The monoisotopic (exact) mass is 359 g/mol. The Morgan fingerprint density at radius 2 is 1.77 bits per heavy atom. The molecule has 2 atom stereocenters. The van der Waals surface area contributed by atoms with Crippen LogP contribution in [-0.2, 0) is 23.1 Å². The van der Waals surface area contributed by atoms with Gasteiger partial charge in [-0.1, -0.05) is 13.8 Å². The van der Waals surface area contributed by atoms with Crippen molar-refractivity contribution in [2.75, 3.05) is 0 Å². The second-order valence-corrected chi connectivity index (χ2v) is 10.2. The zero-order chi connectivity index (χ0) is 19.0. The van der Waals surface area contributed by atoms with Crippen molar-refractivity contribution in [1.82, 2.24) is 15.1 Å². The molecule has 0 aromatic carbocycles. The van der Waals surface area contributed by atoms with Gasteiger partial charge in [0.1, 0.15) is 0 Å². The maximum atomic E-state index is 12.8. The summed E-state index contributed by atoms with van der Waals surface area (Å²) in [6.07, 6.45) is 6.94. The minimum atomic E-state index is -0.685. The van der Waals surface area contributed by atoms with Crippen molar-refractivity contribution in [3.8, 4) is 0 Å². The summed E-state index contributed by atoms with van der Waals surface area (Å²) < 4.78 is 1.77. The van der Waals surface area contributed by atoms with E-state index >= 15 is 0 Å². The number of aryl methyl sites for hydroxylation is 1. The van der Waals surface area contributed by atoms with Crippen LogP contribution in [-0.4, -0.2) is 32.3 Å². The van der Waals surface area contributed by atoms with E-state index in [-0.39, 0.29) is 22.3 Å². The number of rotatable bonds is 4. The van der Waals surface area contributed by atoms with E-state index in [1.54, 1.807) is 10.9 Å². The van der Waals surface area contributed by atoms with Gasteiger partial charge in [-0.05, 0) is 56.3 Å². The Balaban J connectivity index is 1.60. The summed E-state index contributed by atoms with van der Waals surface area (Å²) in [5.74, 6) is -0.702. The average Bonchev–Trinajstić information content (AvgIpc) is 2.74. The number of aliphatic carboxylic acids is 1. The third-order valence-electron chi connectivity index (χ3n) is 7.14. The molecule has 0 saturated heterocycles. The van der Waals surface area contributed by atoms with Crippen LogP contribution in [0.25, 0.3) is 0 Å². The quantitative estimate of drug-likeness (QED) is 0.865. The van der Waals surface area contributed by atoms with Crippen LogP contribution in [0.2, 0.25) is 0 Å². The van der Waals surface area contributed by atoms with E-state index in [1.807, 2.05) is 14.0 Å². The van der Waals surface area contributed by atoms with E-state index < -0.39 is 11.4 Å². The minimum absolute atomic E-state index is 0.000606. The van der Waals surface area contributed by atoms with Crippen LogP contribution in [0.15, 0.2) is 6.20 Å². The van der Waals surface area contributed by atoms with Crippen LogP contribution in [0.5, 0.6) is 0 Å². The summed E-state index contributed by atoms with van der Waals surface area (Å²) in [5.41, 5.74) is 0.852. The van der Waals surface area contributed by atoms with Crippen LogP contribution >= 0.6 is 0 Å². The first-order chi connectivity index (χ1) is 12.0. The van der Waals surface area contributed by atoms with E-state index in [1.165, 1.54) is 0 Å². The molecule has 4 fully saturated rings. The Labute approximate surface area is 154 Å². The highest BCUT2D eigenvalue weighted by molar-refractivity contribution is 5.81. The number of hydrogen-bond donors (Lipinski definition) is 2. The highest BCUT2D eigenvalue weighted by Gasteiger charge is 2.68. The first-order valence-electron chi connectivity index (χ1n) is 9.50. The second-order valence-electron chi connectivity index (χ2n) is 10.2. The third-order valence-corrected chi connectivity index (χ3v) is 7.14. The Hall–Kier alpha value is -1.85. The smallest absolute Gasteiger partial charge is 0.309 e. The molecule has 2 N–H and O–H groups in total. The van der Waals surface area contributed by atoms with Crippen molar-refractivity contribution in [1.29, 1.82) is 0 Å². The Morgan fingerprint density at radius 1 is 1.15 bits per heavy atom.